The lowest BCUT2D eigenvalue weighted by molar-refractivity contribution is 0.0991. The summed E-state index contributed by atoms with van der Waals surface area (Å²) in [6, 6.07) is 7.83. The van der Waals surface area contributed by atoms with E-state index in [0.29, 0.717) is 12.2 Å². The number of aliphatic hydroxyl groups is 1. The molecular weight excluding hydrogens is 216 g/mol. The summed E-state index contributed by atoms with van der Waals surface area (Å²) in [5, 5.41) is 10.0. The Morgan fingerprint density at radius 2 is 2.18 bits per heavy atom. The highest BCUT2D eigenvalue weighted by atomic mass is 16.3. The van der Waals surface area contributed by atoms with Gasteiger partial charge in [0.05, 0.1) is 6.61 Å². The lowest BCUT2D eigenvalue weighted by atomic mass is 10.1. The van der Waals surface area contributed by atoms with Gasteiger partial charge < -0.3 is 15.4 Å². The van der Waals surface area contributed by atoms with Crippen LogP contribution in [0.15, 0.2) is 24.3 Å². The number of hydrogen-bond acceptors (Lipinski definition) is 2. The van der Waals surface area contributed by atoms with Crippen LogP contribution in [0.25, 0.3) is 10.9 Å². The lowest BCUT2D eigenvalue weighted by Gasteiger charge is -2.06. The number of nitrogens with zero attached hydrogens (tertiary/aromatic N) is 1. The molecule has 0 spiro atoms. The fourth-order valence-electron chi connectivity index (χ4n) is 2.09. The molecule has 4 nitrogen and oxygen atoms in total. The second-order valence-corrected chi connectivity index (χ2v) is 4.02. The third-order valence-electron chi connectivity index (χ3n) is 2.95. The second kappa shape index (κ2) is 4.59. The number of amides is 1. The van der Waals surface area contributed by atoms with E-state index in [1.807, 2.05) is 12.1 Å². The van der Waals surface area contributed by atoms with Crippen molar-refractivity contribution in [2.75, 3.05) is 6.61 Å². The van der Waals surface area contributed by atoms with Crippen LogP contribution < -0.4 is 5.73 Å². The van der Waals surface area contributed by atoms with Crippen molar-refractivity contribution in [1.29, 1.82) is 0 Å². The summed E-state index contributed by atoms with van der Waals surface area (Å²) < 4.78 is 1.76. The van der Waals surface area contributed by atoms with Crippen molar-refractivity contribution >= 4 is 16.8 Å². The molecule has 1 amide bonds. The number of hydrogen-bond donors (Lipinski definition) is 2. The maximum absolute atomic E-state index is 11.3. The monoisotopic (exact) mass is 232 g/mol. The third-order valence-corrected chi connectivity index (χ3v) is 2.95. The van der Waals surface area contributed by atoms with Crippen LogP contribution in [-0.2, 0) is 13.0 Å². The van der Waals surface area contributed by atoms with E-state index in [1.165, 1.54) is 5.56 Å². The van der Waals surface area contributed by atoms with Gasteiger partial charge in [0.1, 0.15) is 5.69 Å². The summed E-state index contributed by atoms with van der Waals surface area (Å²) in [7, 11) is 0. The summed E-state index contributed by atoms with van der Waals surface area (Å²) in [5.74, 6) is -0.465. The normalized spacial score (nSPS) is 10.9. The van der Waals surface area contributed by atoms with Crippen LogP contribution in [0.3, 0.4) is 0 Å². The molecular formula is C13H16N2O2. The van der Waals surface area contributed by atoms with Gasteiger partial charge in [-0.2, -0.15) is 0 Å². The SMILES string of the molecule is CCc1ccc2c(c1)cc(C(N)=O)n2CCO. The van der Waals surface area contributed by atoms with Crippen molar-refractivity contribution < 1.29 is 9.90 Å². The minimum atomic E-state index is -0.465. The molecule has 1 aromatic carbocycles. The highest BCUT2D eigenvalue weighted by Gasteiger charge is 2.12. The quantitative estimate of drug-likeness (QED) is 0.834. The van der Waals surface area contributed by atoms with E-state index in [9.17, 15) is 4.79 Å². The van der Waals surface area contributed by atoms with Crippen LogP contribution in [0, 0.1) is 0 Å². The van der Waals surface area contributed by atoms with Gasteiger partial charge in [-0.05, 0) is 30.2 Å². The van der Waals surface area contributed by atoms with Gasteiger partial charge in [-0.1, -0.05) is 13.0 Å². The van der Waals surface area contributed by atoms with Gasteiger partial charge in [0.25, 0.3) is 5.91 Å². The van der Waals surface area contributed by atoms with E-state index in [0.717, 1.165) is 17.3 Å². The zero-order valence-corrected chi connectivity index (χ0v) is 9.81. The summed E-state index contributed by atoms with van der Waals surface area (Å²) in [6.07, 6.45) is 0.951. The number of primary amides is 1. The van der Waals surface area contributed by atoms with Crippen LogP contribution in [-0.4, -0.2) is 22.2 Å². The van der Waals surface area contributed by atoms with Crippen molar-refractivity contribution in [3.63, 3.8) is 0 Å². The second-order valence-electron chi connectivity index (χ2n) is 4.02. The molecule has 0 aliphatic rings. The third kappa shape index (κ3) is 2.03. The first-order valence-corrected chi connectivity index (χ1v) is 5.70. The zero-order chi connectivity index (χ0) is 12.4. The molecule has 2 rings (SSSR count). The van der Waals surface area contributed by atoms with Crippen molar-refractivity contribution in [2.45, 2.75) is 19.9 Å². The Hall–Kier alpha value is -1.81. The molecule has 17 heavy (non-hydrogen) atoms. The molecule has 0 fully saturated rings. The number of rotatable bonds is 4. The molecule has 1 heterocycles. The molecule has 90 valence electrons. The molecule has 0 aliphatic heterocycles. The Morgan fingerprint density at radius 1 is 1.41 bits per heavy atom. The molecule has 0 radical (unpaired) electrons. The molecule has 0 unspecified atom stereocenters. The first-order chi connectivity index (χ1) is 8.17. The summed E-state index contributed by atoms with van der Waals surface area (Å²) >= 11 is 0. The van der Waals surface area contributed by atoms with Gasteiger partial charge in [0.15, 0.2) is 0 Å². The topological polar surface area (TPSA) is 68.2 Å². The molecule has 0 bridgehead atoms. The minimum absolute atomic E-state index is 0.0143. The average Bonchev–Trinajstić information content (AvgIpc) is 2.68. The Labute approximate surface area is 99.7 Å². The summed E-state index contributed by atoms with van der Waals surface area (Å²) in [6.45, 7) is 2.45. The van der Waals surface area contributed by atoms with Crippen molar-refractivity contribution in [3.8, 4) is 0 Å². The highest BCUT2D eigenvalue weighted by Crippen LogP contribution is 2.21. The standard InChI is InChI=1S/C13H16N2O2/c1-2-9-3-4-11-10(7-9)8-12(13(14)17)15(11)5-6-16/h3-4,7-8,16H,2,5-6H2,1H3,(H2,14,17). The largest absolute Gasteiger partial charge is 0.395 e. The number of aliphatic hydroxyl groups excluding tert-OH is 1. The highest BCUT2D eigenvalue weighted by molar-refractivity contribution is 5.98. The molecule has 4 heteroatoms. The Bertz CT molecular complexity index is 558. The zero-order valence-electron chi connectivity index (χ0n) is 9.81. The van der Waals surface area contributed by atoms with Gasteiger partial charge in [0.2, 0.25) is 0 Å². The van der Waals surface area contributed by atoms with Crippen LogP contribution >= 0.6 is 0 Å². The van der Waals surface area contributed by atoms with Crippen LogP contribution in [0.1, 0.15) is 23.0 Å². The molecule has 0 atom stereocenters. The van der Waals surface area contributed by atoms with E-state index in [1.54, 1.807) is 10.6 Å². The molecule has 3 N–H and O–H groups in total. The van der Waals surface area contributed by atoms with E-state index >= 15 is 0 Å². The van der Waals surface area contributed by atoms with Crippen LogP contribution in [0.2, 0.25) is 0 Å². The van der Waals surface area contributed by atoms with Crippen molar-refractivity contribution in [1.82, 2.24) is 4.57 Å². The maximum Gasteiger partial charge on any atom is 0.265 e. The number of aromatic nitrogens is 1. The van der Waals surface area contributed by atoms with Gasteiger partial charge in [0, 0.05) is 17.4 Å². The molecule has 2 aromatic rings. The fraction of sp³-hybridized carbons (Fsp3) is 0.308. The molecule has 0 saturated heterocycles. The summed E-state index contributed by atoms with van der Waals surface area (Å²) in [4.78, 5) is 11.3. The first kappa shape index (κ1) is 11.7. The molecule has 0 aliphatic carbocycles. The van der Waals surface area contributed by atoms with Crippen molar-refractivity contribution in [3.05, 3.63) is 35.5 Å². The number of benzene rings is 1. The van der Waals surface area contributed by atoms with Gasteiger partial charge in [-0.3, -0.25) is 4.79 Å². The predicted molar refractivity (Wildman–Crippen MR) is 66.9 cm³/mol. The fourth-order valence-corrected chi connectivity index (χ4v) is 2.09. The van der Waals surface area contributed by atoms with E-state index in [4.69, 9.17) is 10.8 Å². The smallest absolute Gasteiger partial charge is 0.265 e. The van der Waals surface area contributed by atoms with E-state index < -0.39 is 5.91 Å². The Kier molecular flexibility index (Phi) is 3.15. The van der Waals surface area contributed by atoms with E-state index in [2.05, 4.69) is 13.0 Å². The van der Waals surface area contributed by atoms with E-state index in [-0.39, 0.29) is 6.61 Å². The number of carbonyl (C=O) groups excluding carboxylic acids is 1. The minimum Gasteiger partial charge on any atom is -0.395 e. The predicted octanol–water partition coefficient (Wildman–Crippen LogP) is 1.29. The van der Waals surface area contributed by atoms with Gasteiger partial charge >= 0.3 is 0 Å². The van der Waals surface area contributed by atoms with Crippen molar-refractivity contribution in [2.24, 2.45) is 5.73 Å². The molecule has 1 aromatic heterocycles. The van der Waals surface area contributed by atoms with Gasteiger partial charge in [-0.15, -0.1) is 0 Å². The van der Waals surface area contributed by atoms with Crippen LogP contribution in [0.4, 0.5) is 0 Å². The Balaban J connectivity index is 2.65. The lowest BCUT2D eigenvalue weighted by Crippen LogP contribution is -2.17. The maximum atomic E-state index is 11.3. The number of carbonyl (C=O) groups is 1. The Morgan fingerprint density at radius 3 is 2.76 bits per heavy atom. The summed E-state index contributed by atoms with van der Waals surface area (Å²) in [5.41, 5.74) is 7.94. The number of nitrogens with two attached hydrogens (primary N) is 1. The van der Waals surface area contributed by atoms with Crippen LogP contribution in [0.5, 0.6) is 0 Å². The first-order valence-electron chi connectivity index (χ1n) is 5.70. The molecule has 0 saturated carbocycles. The number of fused-ring (bicyclic) bond motifs is 1. The van der Waals surface area contributed by atoms with Gasteiger partial charge in [-0.25, -0.2) is 0 Å². The average molecular weight is 232 g/mol. The number of aryl methyl sites for hydroxylation is 1.